The van der Waals surface area contributed by atoms with Crippen molar-refractivity contribution < 1.29 is 33.8 Å². The van der Waals surface area contributed by atoms with Gasteiger partial charge < -0.3 is 29.7 Å². The number of halogens is 1. The van der Waals surface area contributed by atoms with Gasteiger partial charge >= 0.3 is 5.97 Å². The lowest BCUT2D eigenvalue weighted by Gasteiger charge is -2.38. The third kappa shape index (κ3) is 5.55. The van der Waals surface area contributed by atoms with Crippen molar-refractivity contribution in [2.75, 3.05) is 24.6 Å². The van der Waals surface area contributed by atoms with Crippen molar-refractivity contribution in [3.05, 3.63) is 89.5 Å². The minimum atomic E-state index is -1.51. The van der Waals surface area contributed by atoms with E-state index in [1.54, 1.807) is 53.5 Å². The van der Waals surface area contributed by atoms with Gasteiger partial charge in [0.2, 0.25) is 11.8 Å². The van der Waals surface area contributed by atoms with Gasteiger partial charge in [-0.3, -0.25) is 19.2 Å². The number of esters is 1. The van der Waals surface area contributed by atoms with Crippen LogP contribution in [0.2, 0.25) is 5.02 Å². The average Bonchev–Trinajstić information content (AvgIpc) is 3.43. The molecule has 3 amide bonds. The molecule has 0 saturated carbocycles. The Labute approximate surface area is 266 Å². The van der Waals surface area contributed by atoms with Crippen molar-refractivity contribution in [1.29, 1.82) is 0 Å². The summed E-state index contributed by atoms with van der Waals surface area (Å²) in [5, 5.41) is 13.7. The number of hydrogen-bond donors (Lipinski definition) is 2. The first-order valence-electron chi connectivity index (χ1n) is 15.3. The van der Waals surface area contributed by atoms with E-state index in [-0.39, 0.29) is 32.0 Å². The molecule has 0 bridgehead atoms. The Balaban J connectivity index is 1.45. The third-order valence-corrected chi connectivity index (χ3v) is 9.45. The summed E-state index contributed by atoms with van der Waals surface area (Å²) in [5.74, 6) is -3.87. The van der Waals surface area contributed by atoms with Gasteiger partial charge in [-0.05, 0) is 42.7 Å². The smallest absolute Gasteiger partial charge is 0.313 e. The van der Waals surface area contributed by atoms with Gasteiger partial charge in [0, 0.05) is 23.7 Å². The van der Waals surface area contributed by atoms with Crippen LogP contribution in [0.15, 0.2) is 78.9 Å². The number of fused-ring (bicyclic) bond motifs is 2. The van der Waals surface area contributed by atoms with Crippen LogP contribution in [0.1, 0.15) is 37.9 Å². The van der Waals surface area contributed by atoms with E-state index in [1.165, 1.54) is 4.90 Å². The van der Waals surface area contributed by atoms with Gasteiger partial charge in [0.15, 0.2) is 0 Å². The molecule has 10 nitrogen and oxygen atoms in total. The summed E-state index contributed by atoms with van der Waals surface area (Å²) in [7, 11) is 0. The lowest BCUT2D eigenvalue weighted by Crippen LogP contribution is -2.58. The number of nitrogens with one attached hydrogen (secondary N) is 1. The maximum atomic E-state index is 14.6. The molecular formula is C34H36ClN3O7. The Hall–Kier alpha value is -3.99. The lowest BCUT2D eigenvalue weighted by atomic mass is 9.78. The number of likely N-dealkylation sites (tertiary alicyclic amines) is 1. The summed E-state index contributed by atoms with van der Waals surface area (Å²) in [5.41, 5.74) is -0.228. The minimum absolute atomic E-state index is 0.0614. The topological polar surface area (TPSA) is 125 Å². The molecule has 2 fully saturated rings. The van der Waals surface area contributed by atoms with Crippen LogP contribution in [-0.4, -0.2) is 77.2 Å². The molecule has 7 atom stereocenters. The highest BCUT2D eigenvalue weighted by molar-refractivity contribution is 6.30. The van der Waals surface area contributed by atoms with Crippen molar-refractivity contribution >= 4 is 41.0 Å². The largest absolute Gasteiger partial charge is 0.455 e. The number of benzene rings is 2. The second-order valence-corrected chi connectivity index (χ2v) is 12.2. The van der Waals surface area contributed by atoms with Crippen molar-refractivity contribution in [3.8, 4) is 0 Å². The van der Waals surface area contributed by atoms with Gasteiger partial charge in [-0.1, -0.05) is 73.2 Å². The molecule has 2 aromatic rings. The molecule has 0 radical (unpaired) electrons. The van der Waals surface area contributed by atoms with Crippen LogP contribution in [0, 0.1) is 11.8 Å². The first-order valence-corrected chi connectivity index (χ1v) is 15.7. The number of aliphatic hydroxyl groups excluding tert-OH is 1. The Kier molecular flexibility index (Phi) is 8.81. The Morgan fingerprint density at radius 2 is 1.80 bits per heavy atom. The molecule has 0 aromatic heterocycles. The summed E-state index contributed by atoms with van der Waals surface area (Å²) in [6.07, 6.45) is 6.28. The molecule has 2 N–H and O–H groups in total. The molecule has 236 valence electrons. The fourth-order valence-electron chi connectivity index (χ4n) is 7.01. The second-order valence-electron chi connectivity index (χ2n) is 11.8. The number of nitrogens with zero attached hydrogens (tertiary/aromatic N) is 2. The molecule has 4 aliphatic rings. The fraction of sp³-hybridized carbons (Fsp3) is 0.412. The number of carbonyl (C=O) groups is 4. The van der Waals surface area contributed by atoms with Crippen LogP contribution in [0.3, 0.4) is 0 Å². The normalized spacial score (nSPS) is 31.5. The van der Waals surface area contributed by atoms with Crippen LogP contribution < -0.4 is 10.2 Å². The SMILES string of the molecule is CC[C@@H](CO)N1C(=O)[C@@H]2[C@H]3C(=O)O[C@H](c4ccccc4)CNC(=O)CC/C=C\[C@H]3O[C@@]23C=CCN(c2ccc(Cl)cc2)C(=O)[C@@H]13. The molecule has 2 aromatic carbocycles. The van der Waals surface area contributed by atoms with Gasteiger partial charge in [-0.2, -0.15) is 0 Å². The highest BCUT2D eigenvalue weighted by Crippen LogP contribution is 2.54. The van der Waals surface area contributed by atoms with Gasteiger partial charge in [0.25, 0.3) is 5.91 Å². The van der Waals surface area contributed by atoms with E-state index in [0.29, 0.717) is 29.1 Å². The summed E-state index contributed by atoms with van der Waals surface area (Å²) in [4.78, 5) is 58.8. The summed E-state index contributed by atoms with van der Waals surface area (Å²) in [6, 6.07) is 14.1. The standard InChI is InChI=1S/C34H36ClN3O7/c1-2-23(20-39)38-30-32(42)37(24-15-13-22(35)14-16-24)18-8-17-34(30)29(31(38)41)28-25(45-34)11-6-7-12-27(40)36-19-26(44-33(28)43)21-9-4-3-5-10-21/h3-6,8-11,13-17,23,25-26,28-30,39H,2,7,12,18-20H2,1H3,(H,36,40)/b11-6-/t23-,25+,26-,28-,29-,30+,34-/m0/s1. The zero-order valence-electron chi connectivity index (χ0n) is 24.9. The monoisotopic (exact) mass is 633 g/mol. The first-order chi connectivity index (χ1) is 21.8. The van der Waals surface area contributed by atoms with Crippen LogP contribution in [-0.2, 0) is 28.7 Å². The van der Waals surface area contributed by atoms with E-state index in [2.05, 4.69) is 5.32 Å². The highest BCUT2D eigenvalue weighted by Gasteiger charge is 2.72. The van der Waals surface area contributed by atoms with Crippen LogP contribution in [0.4, 0.5) is 5.69 Å². The molecule has 2 saturated heterocycles. The number of anilines is 1. The van der Waals surface area contributed by atoms with Gasteiger partial charge in [0.05, 0.1) is 31.2 Å². The van der Waals surface area contributed by atoms with E-state index < -0.39 is 59.5 Å². The molecule has 1 spiro atoms. The lowest BCUT2D eigenvalue weighted by molar-refractivity contribution is -0.160. The average molecular weight is 634 g/mol. The number of hydrogen-bond acceptors (Lipinski definition) is 7. The number of carbonyl (C=O) groups excluding carboxylic acids is 4. The van der Waals surface area contributed by atoms with E-state index in [9.17, 15) is 24.3 Å². The van der Waals surface area contributed by atoms with E-state index in [1.807, 2.05) is 37.3 Å². The highest BCUT2D eigenvalue weighted by atomic mass is 35.5. The van der Waals surface area contributed by atoms with Gasteiger partial charge in [-0.15, -0.1) is 0 Å². The first kappa shape index (κ1) is 31.0. The van der Waals surface area contributed by atoms with Crippen molar-refractivity contribution in [1.82, 2.24) is 10.2 Å². The molecule has 11 heteroatoms. The quantitative estimate of drug-likeness (QED) is 0.382. The maximum Gasteiger partial charge on any atom is 0.313 e. The number of cyclic esters (lactones) is 1. The van der Waals surface area contributed by atoms with Crippen LogP contribution in [0.5, 0.6) is 0 Å². The van der Waals surface area contributed by atoms with E-state index in [0.717, 1.165) is 0 Å². The Morgan fingerprint density at radius 3 is 2.51 bits per heavy atom. The zero-order valence-corrected chi connectivity index (χ0v) is 25.6. The number of aliphatic hydroxyl groups is 1. The summed E-state index contributed by atoms with van der Waals surface area (Å²) >= 11 is 6.12. The van der Waals surface area contributed by atoms with Crippen molar-refractivity contribution in [3.63, 3.8) is 0 Å². The maximum absolute atomic E-state index is 14.6. The third-order valence-electron chi connectivity index (χ3n) is 9.20. The fourth-order valence-corrected chi connectivity index (χ4v) is 7.13. The molecule has 4 aliphatic heterocycles. The number of amides is 3. The van der Waals surface area contributed by atoms with Gasteiger partial charge in [0.1, 0.15) is 23.7 Å². The number of ether oxygens (including phenoxy) is 2. The van der Waals surface area contributed by atoms with Crippen LogP contribution in [0.25, 0.3) is 0 Å². The molecule has 4 heterocycles. The summed E-state index contributed by atoms with van der Waals surface area (Å²) < 4.78 is 12.8. The predicted molar refractivity (Wildman–Crippen MR) is 166 cm³/mol. The minimum Gasteiger partial charge on any atom is -0.455 e. The Morgan fingerprint density at radius 1 is 1.04 bits per heavy atom. The van der Waals surface area contributed by atoms with E-state index in [4.69, 9.17) is 21.1 Å². The molecular weight excluding hydrogens is 598 g/mol. The number of rotatable bonds is 5. The van der Waals surface area contributed by atoms with Crippen LogP contribution >= 0.6 is 11.6 Å². The molecule has 0 aliphatic carbocycles. The molecule has 6 rings (SSSR count). The van der Waals surface area contributed by atoms with Gasteiger partial charge in [-0.25, -0.2) is 0 Å². The predicted octanol–water partition coefficient (Wildman–Crippen LogP) is 3.35. The number of allylic oxidation sites excluding steroid dienone is 1. The van der Waals surface area contributed by atoms with E-state index >= 15 is 0 Å². The second kappa shape index (κ2) is 12.8. The summed E-state index contributed by atoms with van der Waals surface area (Å²) in [6.45, 7) is 1.73. The molecule has 0 unspecified atom stereocenters. The Bertz CT molecular complexity index is 1510. The van der Waals surface area contributed by atoms with Crippen molar-refractivity contribution in [2.45, 2.75) is 56.1 Å². The zero-order chi connectivity index (χ0) is 31.7. The van der Waals surface area contributed by atoms with Crippen molar-refractivity contribution in [2.24, 2.45) is 11.8 Å². The molecule has 45 heavy (non-hydrogen) atoms.